The number of rotatable bonds is 5. The highest BCUT2D eigenvalue weighted by Crippen LogP contribution is 2.56. The van der Waals surface area contributed by atoms with Crippen molar-refractivity contribution in [1.82, 2.24) is 0 Å². The number of carbonyl (C=O) groups excluding carboxylic acids is 1. The van der Waals surface area contributed by atoms with Crippen LogP contribution in [-0.2, 0) is 10.3 Å². The van der Waals surface area contributed by atoms with E-state index in [1.54, 1.807) is 0 Å². The molecule has 0 saturated carbocycles. The van der Waals surface area contributed by atoms with Crippen molar-refractivity contribution in [2.75, 3.05) is 23.3 Å². The number of fused-ring (bicyclic) bond motifs is 6. The smallest absolute Gasteiger partial charge is 0.342 e. The Morgan fingerprint density at radius 2 is 1.44 bits per heavy atom. The van der Waals surface area contributed by atoms with Crippen LogP contribution in [0, 0.1) is 0 Å². The van der Waals surface area contributed by atoms with Crippen LogP contribution in [0.1, 0.15) is 40.9 Å². The summed E-state index contributed by atoms with van der Waals surface area (Å²) in [6, 6.07) is 27.1. The van der Waals surface area contributed by atoms with E-state index < -0.39 is 11.6 Å². The predicted octanol–water partition coefficient (Wildman–Crippen LogP) is 7.50. The third kappa shape index (κ3) is 3.27. The molecule has 0 bridgehead atoms. The number of hydrogen-bond donors (Lipinski definition) is 1. The number of para-hydroxylation sites is 2. The highest BCUT2D eigenvalue weighted by molar-refractivity contribution is 6.33. The fourth-order valence-electron chi connectivity index (χ4n) is 5.31. The molecular formula is C30H25ClN2O3. The van der Waals surface area contributed by atoms with Crippen LogP contribution in [0.2, 0.25) is 5.02 Å². The molecule has 2 aliphatic heterocycles. The normalized spacial score (nSPS) is 14.4. The zero-order chi connectivity index (χ0) is 24.9. The van der Waals surface area contributed by atoms with E-state index in [2.05, 4.69) is 24.1 Å². The lowest BCUT2D eigenvalue weighted by molar-refractivity contribution is 0.0225. The summed E-state index contributed by atoms with van der Waals surface area (Å²) >= 11 is 6.59. The van der Waals surface area contributed by atoms with Crippen molar-refractivity contribution in [3.63, 3.8) is 0 Å². The number of ether oxygens (including phenoxy) is 2. The van der Waals surface area contributed by atoms with E-state index in [1.165, 1.54) is 0 Å². The number of benzene rings is 4. The third-order valence-electron chi connectivity index (χ3n) is 6.99. The second-order valence-electron chi connectivity index (χ2n) is 8.85. The summed E-state index contributed by atoms with van der Waals surface area (Å²) in [5.41, 5.74) is 4.22. The summed E-state index contributed by atoms with van der Waals surface area (Å²) in [7, 11) is 0. The summed E-state index contributed by atoms with van der Waals surface area (Å²) in [5, 5.41) is 4.00. The monoisotopic (exact) mass is 496 g/mol. The van der Waals surface area contributed by atoms with Gasteiger partial charge in [0.25, 0.3) is 0 Å². The van der Waals surface area contributed by atoms with E-state index in [1.807, 2.05) is 84.9 Å². The van der Waals surface area contributed by atoms with E-state index in [-0.39, 0.29) is 0 Å². The Morgan fingerprint density at radius 3 is 2.11 bits per heavy atom. The Kier molecular flexibility index (Phi) is 5.38. The summed E-state index contributed by atoms with van der Waals surface area (Å²) < 4.78 is 12.5. The molecule has 2 aliphatic rings. The minimum Gasteiger partial charge on any atom is -0.456 e. The Balaban J connectivity index is 1.52. The average Bonchev–Trinajstić information content (AvgIpc) is 3.20. The molecule has 0 aromatic heterocycles. The fourth-order valence-corrected chi connectivity index (χ4v) is 5.48. The van der Waals surface area contributed by atoms with Gasteiger partial charge in [-0.15, -0.1) is 0 Å². The summed E-state index contributed by atoms with van der Waals surface area (Å²) in [6.45, 7) is 6.00. The van der Waals surface area contributed by atoms with Crippen LogP contribution in [0.3, 0.4) is 0 Å². The molecule has 1 spiro atoms. The maximum absolute atomic E-state index is 13.6. The molecule has 4 aromatic rings. The second kappa shape index (κ2) is 8.61. The molecule has 6 heteroatoms. The lowest BCUT2D eigenvalue weighted by Crippen LogP contribution is -2.32. The zero-order valence-corrected chi connectivity index (χ0v) is 20.8. The number of hydrogen-bond acceptors (Lipinski definition) is 5. The summed E-state index contributed by atoms with van der Waals surface area (Å²) in [5.74, 6) is 0.950. The second-order valence-corrected chi connectivity index (χ2v) is 9.26. The first-order valence-corrected chi connectivity index (χ1v) is 12.5. The fraction of sp³-hybridized carbons (Fsp3) is 0.167. The van der Waals surface area contributed by atoms with E-state index in [9.17, 15) is 4.79 Å². The molecule has 2 heterocycles. The van der Waals surface area contributed by atoms with Gasteiger partial charge in [-0.3, -0.25) is 0 Å². The van der Waals surface area contributed by atoms with Crippen molar-refractivity contribution in [3.8, 4) is 11.5 Å². The van der Waals surface area contributed by atoms with Crippen LogP contribution >= 0.6 is 11.6 Å². The molecule has 6 rings (SSSR count). The first-order chi connectivity index (χ1) is 17.6. The first-order valence-electron chi connectivity index (χ1n) is 12.1. The lowest BCUT2D eigenvalue weighted by atomic mass is 9.77. The van der Waals surface area contributed by atoms with Gasteiger partial charge in [0.1, 0.15) is 11.5 Å². The number of carbonyl (C=O) groups is 1. The number of halogens is 1. The largest absolute Gasteiger partial charge is 0.456 e. The summed E-state index contributed by atoms with van der Waals surface area (Å²) in [6.07, 6.45) is 0. The third-order valence-corrected chi connectivity index (χ3v) is 7.32. The van der Waals surface area contributed by atoms with Crippen LogP contribution in [0.4, 0.5) is 17.1 Å². The van der Waals surface area contributed by atoms with Crippen molar-refractivity contribution >= 4 is 34.6 Å². The van der Waals surface area contributed by atoms with Gasteiger partial charge in [0, 0.05) is 35.5 Å². The molecule has 0 radical (unpaired) electrons. The number of nitrogens with one attached hydrogen (secondary N) is 1. The number of anilines is 3. The van der Waals surface area contributed by atoms with Gasteiger partial charge in [0.05, 0.1) is 22.0 Å². The molecule has 0 unspecified atom stereocenters. The van der Waals surface area contributed by atoms with Gasteiger partial charge >= 0.3 is 5.97 Å². The molecule has 0 fully saturated rings. The van der Waals surface area contributed by atoms with E-state index >= 15 is 0 Å². The quantitative estimate of drug-likeness (QED) is 0.290. The van der Waals surface area contributed by atoms with Crippen molar-refractivity contribution < 1.29 is 14.3 Å². The number of esters is 1. The average molecular weight is 497 g/mol. The lowest BCUT2D eigenvalue weighted by Gasteiger charge is -2.36. The summed E-state index contributed by atoms with van der Waals surface area (Å²) in [4.78, 5) is 15.8. The van der Waals surface area contributed by atoms with Crippen LogP contribution in [0.25, 0.3) is 0 Å². The Morgan fingerprint density at radius 1 is 0.806 bits per heavy atom. The van der Waals surface area contributed by atoms with Crippen LogP contribution in [-0.4, -0.2) is 19.1 Å². The van der Waals surface area contributed by atoms with Gasteiger partial charge in [-0.1, -0.05) is 60.1 Å². The van der Waals surface area contributed by atoms with Gasteiger partial charge in [-0.25, -0.2) is 4.79 Å². The maximum atomic E-state index is 13.6. The SMILES string of the molecule is CCN(CC)c1ccc(Cl)c(Nc2cccc3c2C(=O)OC32c3ccccc3Oc3ccccc32)c1. The van der Waals surface area contributed by atoms with Gasteiger partial charge in [0.15, 0.2) is 5.60 Å². The molecule has 5 nitrogen and oxygen atoms in total. The first kappa shape index (κ1) is 22.5. The molecule has 180 valence electrons. The van der Waals surface area contributed by atoms with Gasteiger partial charge < -0.3 is 19.7 Å². The molecule has 0 saturated heterocycles. The van der Waals surface area contributed by atoms with Crippen molar-refractivity contribution in [1.29, 1.82) is 0 Å². The minimum absolute atomic E-state index is 0.393. The minimum atomic E-state index is -1.09. The zero-order valence-electron chi connectivity index (χ0n) is 20.0. The highest BCUT2D eigenvalue weighted by atomic mass is 35.5. The highest BCUT2D eigenvalue weighted by Gasteiger charge is 2.54. The van der Waals surface area contributed by atoms with Gasteiger partial charge in [-0.05, 0) is 50.2 Å². The predicted molar refractivity (Wildman–Crippen MR) is 143 cm³/mol. The Bertz CT molecular complexity index is 1450. The van der Waals surface area contributed by atoms with Crippen LogP contribution < -0.4 is 15.0 Å². The standard InChI is InChI=1S/C30H25ClN2O3/c1-3-33(4-2)19-16-17-23(31)25(18-19)32-24-13-9-12-22-28(24)29(34)36-30(22)20-10-5-7-14-26(20)35-27-15-8-6-11-21(27)30/h5-18,32H,3-4H2,1-2H3. The molecular weight excluding hydrogens is 472 g/mol. The van der Waals surface area contributed by atoms with Crippen molar-refractivity contribution in [2.45, 2.75) is 19.4 Å². The Hall–Kier alpha value is -3.96. The van der Waals surface area contributed by atoms with Crippen molar-refractivity contribution in [3.05, 3.63) is 112 Å². The van der Waals surface area contributed by atoms with Crippen LogP contribution in [0.5, 0.6) is 11.5 Å². The maximum Gasteiger partial charge on any atom is 0.342 e. The van der Waals surface area contributed by atoms with Gasteiger partial charge in [0.2, 0.25) is 0 Å². The Labute approximate surface area is 215 Å². The van der Waals surface area contributed by atoms with E-state index in [0.717, 1.165) is 41.2 Å². The molecule has 0 atom stereocenters. The topological polar surface area (TPSA) is 50.8 Å². The molecule has 36 heavy (non-hydrogen) atoms. The van der Waals surface area contributed by atoms with Crippen LogP contribution in [0.15, 0.2) is 84.9 Å². The van der Waals surface area contributed by atoms with Gasteiger partial charge in [-0.2, -0.15) is 0 Å². The molecule has 0 aliphatic carbocycles. The molecule has 1 N–H and O–H groups in total. The van der Waals surface area contributed by atoms with E-state index in [0.29, 0.717) is 27.8 Å². The van der Waals surface area contributed by atoms with E-state index in [4.69, 9.17) is 21.1 Å². The van der Waals surface area contributed by atoms with Crippen molar-refractivity contribution in [2.24, 2.45) is 0 Å². The molecule has 4 aromatic carbocycles. The molecule has 0 amide bonds. The number of nitrogens with zero attached hydrogens (tertiary/aromatic N) is 1.